The highest BCUT2D eigenvalue weighted by molar-refractivity contribution is 6.19. The number of aryl methyl sites for hydroxylation is 2. The number of aliphatic hydroxyl groups is 1. The molecule has 7 unspecified atom stereocenters. The Morgan fingerprint density at radius 2 is 1.78 bits per heavy atom. The number of phenols is 1. The molecule has 4 N–H and O–H groups in total. The van der Waals surface area contributed by atoms with E-state index in [-0.39, 0.29) is 34.3 Å². The van der Waals surface area contributed by atoms with Gasteiger partial charge in [-0.15, -0.1) is 11.6 Å². The number of nitrogens with zero attached hydrogens (tertiary/aromatic N) is 2. The zero-order chi connectivity index (χ0) is 28.0. The van der Waals surface area contributed by atoms with E-state index in [1.54, 1.807) is 6.07 Å². The van der Waals surface area contributed by atoms with Crippen molar-refractivity contribution in [2.24, 2.45) is 22.2 Å². The minimum atomic E-state index is -0.737. The van der Waals surface area contributed by atoms with Crippen LogP contribution >= 0.6 is 11.6 Å². The average Bonchev–Trinajstić information content (AvgIpc) is 3.61. The first-order chi connectivity index (χ1) is 19.6. The zero-order valence-corrected chi connectivity index (χ0v) is 23.7. The molecule has 2 spiro atoms. The third-order valence-electron chi connectivity index (χ3n) is 12.6. The fourth-order valence-corrected chi connectivity index (χ4v) is 10.9. The molecule has 1 saturated heterocycles. The minimum absolute atomic E-state index is 0.0102. The number of aliphatic hydroxyl groups excluding tert-OH is 1. The van der Waals surface area contributed by atoms with Crippen molar-refractivity contribution in [2.45, 2.75) is 57.0 Å². The number of aromatic nitrogens is 2. The average molecular weight is 571 g/mol. The van der Waals surface area contributed by atoms with Gasteiger partial charge in [-0.3, -0.25) is 9.59 Å². The molecule has 3 aromatic rings. The summed E-state index contributed by atoms with van der Waals surface area (Å²) in [7, 11) is 0. The minimum Gasteiger partial charge on any atom is -0.506 e. The molecule has 5 aliphatic carbocycles. The monoisotopic (exact) mass is 570 g/mol. The number of alkyl halides is 1. The number of piperidine rings is 1. The van der Waals surface area contributed by atoms with Gasteiger partial charge in [0.2, 0.25) is 11.8 Å². The van der Waals surface area contributed by atoms with Gasteiger partial charge in [0.25, 0.3) is 0 Å². The van der Waals surface area contributed by atoms with E-state index in [1.807, 2.05) is 35.2 Å². The first-order valence-electron chi connectivity index (χ1n) is 14.8. The fourth-order valence-electron chi connectivity index (χ4n) is 10.6. The molecule has 2 amide bonds. The highest BCUT2D eigenvalue weighted by atomic mass is 35.5. The largest absolute Gasteiger partial charge is 0.506 e. The predicted octanol–water partition coefficient (Wildman–Crippen LogP) is 4.39. The number of fused-ring (bicyclic) bond motifs is 4. The van der Waals surface area contributed by atoms with Crippen LogP contribution in [0.3, 0.4) is 0 Å². The van der Waals surface area contributed by atoms with Crippen LogP contribution in [-0.2, 0) is 15.0 Å². The van der Waals surface area contributed by atoms with Crippen molar-refractivity contribution in [1.29, 1.82) is 0 Å². The number of carbonyl (C=O) groups excluding carboxylic acids is 2. The van der Waals surface area contributed by atoms with Crippen molar-refractivity contribution in [3.05, 3.63) is 58.2 Å². The number of H-pyrrole nitrogens is 2. The van der Waals surface area contributed by atoms with Gasteiger partial charge < -0.3 is 30.0 Å². The topological polar surface area (TPSA) is 113 Å². The molecule has 1 aromatic carbocycles. The number of aromatic amines is 2. The van der Waals surface area contributed by atoms with E-state index in [4.69, 9.17) is 11.6 Å². The highest BCUT2D eigenvalue weighted by Gasteiger charge is 3.01. The first-order valence-corrected chi connectivity index (χ1v) is 15.3. The maximum Gasteiger partial charge on any atom is 0.233 e. The second-order valence-corrected chi connectivity index (χ2v) is 14.4. The van der Waals surface area contributed by atoms with Gasteiger partial charge in [-0.1, -0.05) is 0 Å². The summed E-state index contributed by atoms with van der Waals surface area (Å²) in [4.78, 5) is 38.8. The van der Waals surface area contributed by atoms with Crippen molar-refractivity contribution in [3.8, 4) is 5.75 Å². The Morgan fingerprint density at radius 3 is 2.51 bits per heavy atom. The quantitative estimate of drug-likeness (QED) is 0.350. The van der Waals surface area contributed by atoms with Gasteiger partial charge in [-0.05, 0) is 73.8 Å². The Kier molecular flexibility index (Phi) is 3.73. The van der Waals surface area contributed by atoms with E-state index < -0.39 is 16.9 Å². The van der Waals surface area contributed by atoms with Crippen LogP contribution in [0, 0.1) is 36.0 Å². The number of likely N-dealkylation sites (tertiary alicyclic amines) is 1. The third-order valence-corrected chi connectivity index (χ3v) is 12.9. The number of hydrogen-bond acceptors (Lipinski definition) is 4. The zero-order valence-electron chi connectivity index (χ0n) is 23.0. The second-order valence-electron chi connectivity index (χ2n) is 14.1. The Bertz CT molecular complexity index is 1860. The molecule has 7 atom stereocenters. The summed E-state index contributed by atoms with van der Waals surface area (Å²) in [6.45, 7) is 5.28. The van der Waals surface area contributed by atoms with Gasteiger partial charge in [0.15, 0.2) is 0 Å². The fraction of sp³-hybridized carbons (Fsp3) is 0.500. The molecule has 4 saturated carbocycles. The van der Waals surface area contributed by atoms with E-state index in [1.165, 1.54) is 5.56 Å². The number of benzene rings is 1. The number of carbonyl (C=O) groups is 2. The van der Waals surface area contributed by atoms with E-state index in [0.29, 0.717) is 36.8 Å². The van der Waals surface area contributed by atoms with Crippen molar-refractivity contribution in [3.63, 3.8) is 0 Å². The molecule has 41 heavy (non-hydrogen) atoms. The number of rotatable bonds is 3. The van der Waals surface area contributed by atoms with Gasteiger partial charge in [-0.2, -0.15) is 0 Å². The number of hydrogen-bond donors (Lipinski definition) is 4. The Labute approximate surface area is 241 Å². The summed E-state index contributed by atoms with van der Waals surface area (Å²) >= 11 is 6.44. The number of halogens is 1. The van der Waals surface area contributed by atoms with Crippen LogP contribution in [0.4, 0.5) is 5.69 Å². The van der Waals surface area contributed by atoms with Gasteiger partial charge in [0.1, 0.15) is 11.9 Å². The number of phenolic OH excluding ortho intramolecular Hbond substituents is 1. The smallest absolute Gasteiger partial charge is 0.233 e. The van der Waals surface area contributed by atoms with Crippen molar-refractivity contribution in [2.75, 3.05) is 23.9 Å². The van der Waals surface area contributed by atoms with E-state index in [2.05, 4.69) is 16.9 Å². The standard InChI is InChI=1S/C32H31ClN4O4/c1-14-7-34-25-19(38)3-18-23(22(14)25)16(6-33)9-36(18)27(40)29-11-30(13-31(29,30)12-29)28(41)37-10-17-5-32(17)21(37)4-20(39)26-24(32)15(2)8-35-26/h3-4,7-8,16-17,20,34-35,38-39H,5-6,9-13H2,1-2H3. The maximum atomic E-state index is 14.3. The lowest BCUT2D eigenvalue weighted by Gasteiger charge is -2.39. The van der Waals surface area contributed by atoms with Gasteiger partial charge in [0.05, 0.1) is 27.7 Å². The Hall–Kier alpha value is -3.23. The second kappa shape index (κ2) is 6.55. The molecule has 2 aliphatic heterocycles. The van der Waals surface area contributed by atoms with Gasteiger partial charge in [0, 0.05) is 65.3 Å². The van der Waals surface area contributed by atoms with Crippen LogP contribution in [0.25, 0.3) is 10.9 Å². The van der Waals surface area contributed by atoms with Gasteiger partial charge >= 0.3 is 0 Å². The van der Waals surface area contributed by atoms with Crippen LogP contribution < -0.4 is 4.90 Å². The summed E-state index contributed by atoms with van der Waals surface area (Å²) in [6.07, 6.45) is 8.15. The Morgan fingerprint density at radius 1 is 1.05 bits per heavy atom. The van der Waals surface area contributed by atoms with E-state index in [0.717, 1.165) is 58.4 Å². The SMILES string of the molecule is Cc1c[nH]c2c1C13CC1CN(C(=O)C14CC5(C(=O)N6CC(CCl)c7c6cc(O)c6[nH]cc(C)c76)CC15C4)C3=CC2O. The summed E-state index contributed by atoms with van der Waals surface area (Å²) in [5.74, 6) is 1.15. The molecule has 9 heteroatoms. The molecule has 0 bridgehead atoms. The lowest BCUT2D eigenvalue weighted by Crippen LogP contribution is -2.49. The summed E-state index contributed by atoms with van der Waals surface area (Å²) < 4.78 is 0. The van der Waals surface area contributed by atoms with Gasteiger partial charge in [-0.25, -0.2) is 0 Å². The summed E-state index contributed by atoms with van der Waals surface area (Å²) in [5, 5.41) is 22.7. The van der Waals surface area contributed by atoms with E-state index >= 15 is 0 Å². The molecule has 210 valence electrons. The number of aromatic hydroxyl groups is 1. The summed E-state index contributed by atoms with van der Waals surface area (Å²) in [5.41, 5.74) is 6.35. The molecule has 4 heterocycles. The van der Waals surface area contributed by atoms with Crippen LogP contribution in [0.1, 0.15) is 65.7 Å². The molecule has 2 aromatic heterocycles. The van der Waals surface area contributed by atoms with Crippen molar-refractivity contribution in [1.82, 2.24) is 14.9 Å². The number of amides is 2. The first kappa shape index (κ1) is 23.3. The van der Waals surface area contributed by atoms with Crippen molar-refractivity contribution >= 4 is 40.0 Å². The van der Waals surface area contributed by atoms with Crippen LogP contribution in [-0.4, -0.2) is 55.9 Å². The molecular weight excluding hydrogens is 540 g/mol. The lowest BCUT2D eigenvalue weighted by molar-refractivity contribution is -0.142. The molecule has 8 nitrogen and oxygen atoms in total. The maximum absolute atomic E-state index is 14.3. The third kappa shape index (κ3) is 2.21. The number of nitrogens with one attached hydrogen (secondary N) is 2. The molecular formula is C32H31ClN4O4. The number of allylic oxidation sites excluding steroid dienone is 1. The predicted molar refractivity (Wildman–Crippen MR) is 152 cm³/mol. The summed E-state index contributed by atoms with van der Waals surface area (Å²) in [6, 6.07) is 1.71. The van der Waals surface area contributed by atoms with Crippen LogP contribution in [0.15, 0.2) is 30.2 Å². The molecule has 7 aliphatic rings. The molecule has 10 rings (SSSR count). The van der Waals surface area contributed by atoms with Crippen LogP contribution in [0.2, 0.25) is 0 Å². The van der Waals surface area contributed by atoms with E-state index in [9.17, 15) is 19.8 Å². The van der Waals surface area contributed by atoms with Crippen LogP contribution in [0.5, 0.6) is 5.75 Å². The molecule has 5 fully saturated rings. The van der Waals surface area contributed by atoms with Crippen molar-refractivity contribution < 1.29 is 19.8 Å². The lowest BCUT2D eigenvalue weighted by atomic mass is 9.72. The highest BCUT2D eigenvalue weighted by Crippen LogP contribution is 3.01. The molecule has 0 radical (unpaired) electrons. The normalized spacial score (nSPS) is 39.7. The Balaban J connectivity index is 0.963. The number of anilines is 1.